The van der Waals surface area contributed by atoms with Gasteiger partial charge in [-0.3, -0.25) is 0 Å². The van der Waals surface area contributed by atoms with E-state index in [1.807, 2.05) is 30.3 Å². The van der Waals surface area contributed by atoms with E-state index in [1.54, 1.807) is 0 Å². The summed E-state index contributed by atoms with van der Waals surface area (Å²) >= 11 is 0. The highest BCUT2D eigenvalue weighted by atomic mass is 15.1. The molecular weight excluding hydrogens is 328 g/mol. The molecule has 0 unspecified atom stereocenters. The first kappa shape index (κ1) is 17.4. The van der Waals surface area contributed by atoms with Gasteiger partial charge in [0.2, 0.25) is 0 Å². The van der Waals surface area contributed by atoms with Gasteiger partial charge >= 0.3 is 0 Å². The number of benzene rings is 3. The standard InChI is InChI=1S/C25H24N2/c1-17-15-24(19(3)18(17)2)23-14-13-20-9-7-8-12-22(20)25(23)16-26-27-21-10-5-4-6-11-21/h4-14H,15-16H2,1-3H3. The molecule has 0 N–H and O–H groups in total. The van der Waals surface area contributed by atoms with Gasteiger partial charge in [0.15, 0.2) is 0 Å². The lowest BCUT2D eigenvalue weighted by molar-refractivity contribution is 0.962. The fraction of sp³-hybridized carbons (Fsp3) is 0.200. The van der Waals surface area contributed by atoms with Crippen LogP contribution in [0.5, 0.6) is 0 Å². The van der Waals surface area contributed by atoms with Crippen molar-refractivity contribution in [2.45, 2.75) is 33.7 Å². The largest absolute Gasteiger partial charge is 0.184 e. The van der Waals surface area contributed by atoms with Crippen LogP contribution in [-0.2, 0) is 6.54 Å². The Morgan fingerprint density at radius 2 is 1.52 bits per heavy atom. The third-order valence-electron chi connectivity index (χ3n) is 5.63. The molecule has 2 heteroatoms. The average Bonchev–Trinajstić information content (AvgIpc) is 2.96. The molecule has 0 radical (unpaired) electrons. The Morgan fingerprint density at radius 3 is 2.26 bits per heavy atom. The predicted molar refractivity (Wildman–Crippen MR) is 114 cm³/mol. The molecule has 0 bridgehead atoms. The van der Waals surface area contributed by atoms with Gasteiger partial charge in [-0.1, -0.05) is 60.2 Å². The molecule has 0 spiro atoms. The summed E-state index contributed by atoms with van der Waals surface area (Å²) in [7, 11) is 0. The minimum atomic E-state index is 0.584. The van der Waals surface area contributed by atoms with Gasteiger partial charge in [-0.25, -0.2) is 0 Å². The van der Waals surface area contributed by atoms with Crippen LogP contribution in [0.1, 0.15) is 38.3 Å². The van der Waals surface area contributed by atoms with E-state index in [1.165, 1.54) is 44.2 Å². The minimum absolute atomic E-state index is 0.584. The average molecular weight is 352 g/mol. The molecule has 0 heterocycles. The lowest BCUT2D eigenvalue weighted by Crippen LogP contribution is -1.95. The van der Waals surface area contributed by atoms with Crippen molar-refractivity contribution in [3.8, 4) is 0 Å². The molecule has 0 atom stereocenters. The molecule has 0 aromatic heterocycles. The van der Waals surface area contributed by atoms with E-state index in [2.05, 4.69) is 67.4 Å². The van der Waals surface area contributed by atoms with E-state index in [9.17, 15) is 0 Å². The summed E-state index contributed by atoms with van der Waals surface area (Å²) in [5.41, 5.74) is 9.20. The second-order valence-corrected chi connectivity index (χ2v) is 7.23. The second-order valence-electron chi connectivity index (χ2n) is 7.23. The molecule has 3 aromatic carbocycles. The normalized spacial score (nSPS) is 14.8. The molecule has 0 fully saturated rings. The third-order valence-corrected chi connectivity index (χ3v) is 5.63. The first-order valence-electron chi connectivity index (χ1n) is 9.45. The van der Waals surface area contributed by atoms with E-state index < -0.39 is 0 Å². The predicted octanol–water partition coefficient (Wildman–Crippen LogP) is 7.64. The first-order valence-corrected chi connectivity index (χ1v) is 9.45. The number of allylic oxidation sites excluding steroid dienone is 4. The monoisotopic (exact) mass is 352 g/mol. The molecule has 0 amide bonds. The van der Waals surface area contributed by atoms with Crippen LogP contribution in [0.3, 0.4) is 0 Å². The van der Waals surface area contributed by atoms with Crippen LogP contribution in [0.25, 0.3) is 16.3 Å². The molecule has 4 rings (SSSR count). The molecule has 27 heavy (non-hydrogen) atoms. The van der Waals surface area contributed by atoms with Gasteiger partial charge in [-0.15, -0.1) is 0 Å². The van der Waals surface area contributed by atoms with Gasteiger partial charge in [0.1, 0.15) is 0 Å². The summed E-state index contributed by atoms with van der Waals surface area (Å²) < 4.78 is 0. The number of rotatable bonds is 4. The lowest BCUT2D eigenvalue weighted by Gasteiger charge is -2.14. The number of hydrogen-bond donors (Lipinski definition) is 0. The molecule has 1 aliphatic rings. The minimum Gasteiger partial charge on any atom is -0.184 e. The zero-order chi connectivity index (χ0) is 18.8. The Hall–Kier alpha value is -3.00. The van der Waals surface area contributed by atoms with Gasteiger partial charge in [0.25, 0.3) is 0 Å². The quantitative estimate of drug-likeness (QED) is 0.431. The van der Waals surface area contributed by atoms with E-state index in [0.717, 1.165) is 12.1 Å². The van der Waals surface area contributed by atoms with Crippen molar-refractivity contribution in [3.63, 3.8) is 0 Å². The Morgan fingerprint density at radius 1 is 0.778 bits per heavy atom. The summed E-state index contributed by atoms with van der Waals surface area (Å²) in [6.45, 7) is 7.29. The van der Waals surface area contributed by atoms with Gasteiger partial charge in [-0.05, 0) is 77.9 Å². The van der Waals surface area contributed by atoms with Crippen molar-refractivity contribution in [1.29, 1.82) is 0 Å². The Bertz CT molecular complexity index is 1090. The van der Waals surface area contributed by atoms with Crippen LogP contribution in [0.15, 0.2) is 93.7 Å². The first-order chi connectivity index (χ1) is 13.1. The number of fused-ring (bicyclic) bond motifs is 1. The smallest absolute Gasteiger partial charge is 0.0865 e. The number of hydrogen-bond acceptors (Lipinski definition) is 2. The molecule has 134 valence electrons. The zero-order valence-corrected chi connectivity index (χ0v) is 16.2. The molecule has 2 nitrogen and oxygen atoms in total. The van der Waals surface area contributed by atoms with Gasteiger partial charge < -0.3 is 0 Å². The highest BCUT2D eigenvalue weighted by Gasteiger charge is 2.20. The van der Waals surface area contributed by atoms with Crippen LogP contribution in [-0.4, -0.2) is 0 Å². The highest BCUT2D eigenvalue weighted by Crippen LogP contribution is 2.40. The van der Waals surface area contributed by atoms with Crippen molar-refractivity contribution in [3.05, 3.63) is 94.6 Å². The Labute approximate surface area is 161 Å². The van der Waals surface area contributed by atoms with Crippen molar-refractivity contribution in [2.24, 2.45) is 10.2 Å². The second kappa shape index (κ2) is 7.32. The summed E-state index contributed by atoms with van der Waals surface area (Å²) in [5, 5.41) is 11.5. The summed E-state index contributed by atoms with van der Waals surface area (Å²) in [6.07, 6.45) is 1.03. The fourth-order valence-electron chi connectivity index (χ4n) is 3.85. The van der Waals surface area contributed by atoms with Crippen molar-refractivity contribution < 1.29 is 0 Å². The van der Waals surface area contributed by atoms with E-state index in [4.69, 9.17) is 0 Å². The molecule has 1 aliphatic carbocycles. The van der Waals surface area contributed by atoms with Crippen molar-refractivity contribution in [1.82, 2.24) is 0 Å². The van der Waals surface area contributed by atoms with Crippen LogP contribution < -0.4 is 0 Å². The van der Waals surface area contributed by atoms with Crippen LogP contribution >= 0.6 is 0 Å². The SMILES string of the molecule is CC1=C(C)C(C)=C(c2ccc3ccccc3c2CN=Nc2ccccc2)C1. The molecule has 3 aromatic rings. The summed E-state index contributed by atoms with van der Waals surface area (Å²) in [4.78, 5) is 0. The molecular formula is C25H24N2. The lowest BCUT2D eigenvalue weighted by atomic mass is 9.91. The fourth-order valence-corrected chi connectivity index (χ4v) is 3.85. The van der Waals surface area contributed by atoms with Crippen molar-refractivity contribution >= 4 is 22.0 Å². The molecule has 0 aliphatic heterocycles. The zero-order valence-electron chi connectivity index (χ0n) is 16.2. The van der Waals surface area contributed by atoms with Gasteiger partial charge in [0, 0.05) is 0 Å². The third kappa shape index (κ3) is 3.35. The Balaban J connectivity index is 1.79. The van der Waals surface area contributed by atoms with E-state index >= 15 is 0 Å². The maximum Gasteiger partial charge on any atom is 0.0865 e. The maximum absolute atomic E-state index is 4.55. The number of azo groups is 1. The maximum atomic E-state index is 4.55. The van der Waals surface area contributed by atoms with Crippen LogP contribution in [0, 0.1) is 0 Å². The Kier molecular flexibility index (Phi) is 4.72. The summed E-state index contributed by atoms with van der Waals surface area (Å²) in [6, 6.07) is 23.0. The molecule has 0 saturated carbocycles. The van der Waals surface area contributed by atoms with Gasteiger partial charge in [-0.2, -0.15) is 10.2 Å². The topological polar surface area (TPSA) is 24.7 Å². The highest BCUT2D eigenvalue weighted by molar-refractivity contribution is 5.92. The molecule has 0 saturated heterocycles. The summed E-state index contributed by atoms with van der Waals surface area (Å²) in [5.74, 6) is 0. The van der Waals surface area contributed by atoms with E-state index in [0.29, 0.717) is 6.54 Å². The van der Waals surface area contributed by atoms with Crippen LogP contribution in [0.4, 0.5) is 5.69 Å². The van der Waals surface area contributed by atoms with Gasteiger partial charge in [0.05, 0.1) is 12.2 Å². The number of nitrogens with zero attached hydrogens (tertiary/aromatic N) is 2. The van der Waals surface area contributed by atoms with Crippen molar-refractivity contribution in [2.75, 3.05) is 0 Å². The van der Waals surface area contributed by atoms with Crippen LogP contribution in [0.2, 0.25) is 0 Å². The van der Waals surface area contributed by atoms with E-state index in [-0.39, 0.29) is 0 Å².